The highest BCUT2D eigenvalue weighted by molar-refractivity contribution is 6.15. The summed E-state index contributed by atoms with van der Waals surface area (Å²) in [5.41, 5.74) is 20.9. The molecule has 0 N–H and O–H groups in total. The Morgan fingerprint density at radius 2 is 0.690 bits per heavy atom. The summed E-state index contributed by atoms with van der Waals surface area (Å²) in [6, 6.07) is 76.6. The third-order valence-corrected chi connectivity index (χ3v) is 13.1. The van der Waals surface area contributed by atoms with E-state index in [1.54, 1.807) is 0 Å². The van der Waals surface area contributed by atoms with Gasteiger partial charge in [0, 0.05) is 44.8 Å². The Kier molecular flexibility index (Phi) is 6.59. The lowest BCUT2D eigenvalue weighted by Crippen LogP contribution is -2.28. The Morgan fingerprint density at radius 3 is 1.19 bits per heavy atom. The van der Waals surface area contributed by atoms with E-state index in [9.17, 15) is 0 Å². The van der Waals surface area contributed by atoms with Crippen LogP contribution in [0.15, 0.2) is 206 Å². The molecule has 270 valence electrons. The standard InChI is InChI=1S/C56H36N2/c1-3-15-35(16-4-1)37-19-13-21-39(33-37)57-47-27-11-9-25-43(47)52-49(57)31-29-45-51-41-23-7-8-24-42(41)54(55(45)52)56-46(51)30-32-50-53(56)44-26-10-12-28-48(44)58(50)40-22-14-20-38(34-40)36-17-5-2-6-18-36/h1-34,51,54H. The molecule has 0 spiro atoms. The van der Waals surface area contributed by atoms with Crippen LogP contribution in [0.3, 0.4) is 0 Å². The quantitative estimate of drug-likeness (QED) is 0.170. The van der Waals surface area contributed by atoms with Gasteiger partial charge in [-0.1, -0.05) is 158 Å². The van der Waals surface area contributed by atoms with E-state index < -0.39 is 0 Å². The van der Waals surface area contributed by atoms with E-state index >= 15 is 0 Å². The van der Waals surface area contributed by atoms with Gasteiger partial charge in [0.1, 0.15) is 0 Å². The SMILES string of the molecule is c1ccc(-c2cccc(-n3c4ccccc4c4c5c(ccc43)C3c4ccccc4C5c4c3ccc3c4c4ccccc4n3-c3cccc(-c4ccccc4)c3)c2)cc1. The van der Waals surface area contributed by atoms with Crippen LogP contribution in [0.2, 0.25) is 0 Å². The third kappa shape index (κ3) is 4.32. The fourth-order valence-corrected chi connectivity index (χ4v) is 10.8. The predicted molar refractivity (Wildman–Crippen MR) is 241 cm³/mol. The first-order valence-corrected chi connectivity index (χ1v) is 20.3. The van der Waals surface area contributed by atoms with Crippen LogP contribution in [0.5, 0.6) is 0 Å². The van der Waals surface area contributed by atoms with E-state index in [1.165, 1.54) is 111 Å². The van der Waals surface area contributed by atoms with Gasteiger partial charge in [-0.2, -0.15) is 0 Å². The molecule has 2 aromatic heterocycles. The van der Waals surface area contributed by atoms with Crippen molar-refractivity contribution >= 4 is 43.6 Å². The summed E-state index contributed by atoms with van der Waals surface area (Å²) in [6.45, 7) is 0. The second kappa shape index (κ2) is 12.0. The van der Waals surface area contributed by atoms with E-state index in [-0.39, 0.29) is 11.8 Å². The van der Waals surface area contributed by atoms with E-state index in [2.05, 4.69) is 215 Å². The Hall–Kier alpha value is -7.42. The molecule has 0 atom stereocenters. The van der Waals surface area contributed by atoms with Gasteiger partial charge in [0.05, 0.1) is 22.1 Å². The number of nitrogens with zero attached hydrogens (tertiary/aromatic N) is 2. The summed E-state index contributed by atoms with van der Waals surface area (Å²) in [4.78, 5) is 0. The predicted octanol–water partition coefficient (Wildman–Crippen LogP) is 14.2. The van der Waals surface area contributed by atoms with Crippen LogP contribution in [0, 0.1) is 0 Å². The van der Waals surface area contributed by atoms with Crippen LogP contribution >= 0.6 is 0 Å². The lowest BCUT2D eigenvalue weighted by Gasteiger charge is -2.43. The number of benzene rings is 9. The van der Waals surface area contributed by atoms with Gasteiger partial charge >= 0.3 is 0 Å². The van der Waals surface area contributed by atoms with Gasteiger partial charge in [-0.15, -0.1) is 0 Å². The van der Waals surface area contributed by atoms with E-state index in [0.717, 1.165) is 0 Å². The highest BCUT2D eigenvalue weighted by Gasteiger charge is 2.44. The first kappa shape index (κ1) is 31.7. The fraction of sp³-hybridized carbons (Fsp3) is 0.0357. The van der Waals surface area contributed by atoms with Crippen LogP contribution < -0.4 is 0 Å². The molecule has 0 radical (unpaired) electrons. The van der Waals surface area contributed by atoms with Crippen molar-refractivity contribution in [1.82, 2.24) is 9.13 Å². The monoisotopic (exact) mass is 736 g/mol. The molecule has 0 saturated heterocycles. The Morgan fingerprint density at radius 1 is 0.276 bits per heavy atom. The summed E-state index contributed by atoms with van der Waals surface area (Å²) >= 11 is 0. The van der Waals surface area contributed by atoms with Crippen molar-refractivity contribution < 1.29 is 0 Å². The molecule has 11 aromatic rings. The summed E-state index contributed by atoms with van der Waals surface area (Å²) in [5, 5.41) is 5.34. The smallest absolute Gasteiger partial charge is 0.0544 e. The second-order valence-electron chi connectivity index (χ2n) is 16.0. The topological polar surface area (TPSA) is 9.86 Å². The number of hydrogen-bond donors (Lipinski definition) is 0. The molecule has 2 nitrogen and oxygen atoms in total. The molecule has 0 fully saturated rings. The van der Waals surface area contributed by atoms with Crippen molar-refractivity contribution in [2.24, 2.45) is 0 Å². The third-order valence-electron chi connectivity index (χ3n) is 13.1. The van der Waals surface area contributed by atoms with Gasteiger partial charge in [0.2, 0.25) is 0 Å². The van der Waals surface area contributed by atoms with Crippen molar-refractivity contribution in [3.05, 3.63) is 240 Å². The van der Waals surface area contributed by atoms with Gasteiger partial charge < -0.3 is 9.13 Å². The maximum atomic E-state index is 2.50. The molecular weight excluding hydrogens is 701 g/mol. The van der Waals surface area contributed by atoms with Gasteiger partial charge in [-0.25, -0.2) is 0 Å². The summed E-state index contributed by atoms with van der Waals surface area (Å²) in [7, 11) is 0. The van der Waals surface area contributed by atoms with Crippen molar-refractivity contribution in [2.75, 3.05) is 0 Å². The van der Waals surface area contributed by atoms with Crippen LogP contribution in [0.25, 0.3) is 77.2 Å². The molecule has 0 amide bonds. The minimum absolute atomic E-state index is 0.0726. The molecule has 0 aliphatic heterocycles. The van der Waals surface area contributed by atoms with Gasteiger partial charge in [0.25, 0.3) is 0 Å². The molecule has 58 heavy (non-hydrogen) atoms. The number of rotatable bonds is 4. The average Bonchev–Trinajstić information content (AvgIpc) is 3.83. The van der Waals surface area contributed by atoms with Gasteiger partial charge in [-0.3, -0.25) is 0 Å². The maximum Gasteiger partial charge on any atom is 0.0544 e. The summed E-state index contributed by atoms with van der Waals surface area (Å²) < 4.78 is 5.00. The van der Waals surface area contributed by atoms with Crippen molar-refractivity contribution in [1.29, 1.82) is 0 Å². The maximum absolute atomic E-state index is 2.50. The van der Waals surface area contributed by atoms with Crippen LogP contribution in [0.1, 0.15) is 45.2 Å². The molecule has 9 aromatic carbocycles. The molecule has 2 heterocycles. The zero-order chi connectivity index (χ0) is 37.9. The van der Waals surface area contributed by atoms with Gasteiger partial charge in [-0.05, 0) is 104 Å². The van der Waals surface area contributed by atoms with Crippen LogP contribution in [-0.4, -0.2) is 9.13 Å². The van der Waals surface area contributed by atoms with Crippen molar-refractivity contribution in [3.8, 4) is 33.6 Å². The summed E-state index contributed by atoms with van der Waals surface area (Å²) in [5.74, 6) is 0.218. The van der Waals surface area contributed by atoms with Crippen molar-refractivity contribution in [2.45, 2.75) is 11.8 Å². The molecule has 0 saturated carbocycles. The number of para-hydroxylation sites is 2. The first-order chi connectivity index (χ1) is 28.8. The minimum atomic E-state index is 0.0726. The lowest BCUT2D eigenvalue weighted by atomic mass is 9.59. The Labute approximate surface area is 336 Å². The normalized spacial score (nSPS) is 15.2. The highest BCUT2D eigenvalue weighted by atomic mass is 15.0. The Balaban J connectivity index is 1.10. The van der Waals surface area contributed by atoms with Gasteiger partial charge in [0.15, 0.2) is 0 Å². The largest absolute Gasteiger partial charge is 0.309 e. The lowest BCUT2D eigenvalue weighted by molar-refractivity contribution is 0.768. The Bertz CT molecular complexity index is 3250. The molecule has 0 unspecified atom stereocenters. The molecular formula is C56H36N2. The number of aromatic nitrogens is 2. The molecule has 3 aliphatic carbocycles. The second-order valence-corrected chi connectivity index (χ2v) is 16.0. The molecule has 2 heteroatoms. The van der Waals surface area contributed by atoms with Crippen molar-refractivity contribution in [3.63, 3.8) is 0 Å². The molecule has 14 rings (SSSR count). The van der Waals surface area contributed by atoms with E-state index in [0.29, 0.717) is 0 Å². The first-order valence-electron chi connectivity index (χ1n) is 20.3. The molecule has 2 bridgehead atoms. The summed E-state index contributed by atoms with van der Waals surface area (Å²) in [6.07, 6.45) is 0. The van der Waals surface area contributed by atoms with Crippen LogP contribution in [0.4, 0.5) is 0 Å². The zero-order valence-electron chi connectivity index (χ0n) is 31.7. The average molecular weight is 737 g/mol. The fourth-order valence-electron chi connectivity index (χ4n) is 10.8. The minimum Gasteiger partial charge on any atom is -0.309 e. The van der Waals surface area contributed by atoms with E-state index in [4.69, 9.17) is 0 Å². The zero-order valence-corrected chi connectivity index (χ0v) is 31.7. The van der Waals surface area contributed by atoms with Crippen LogP contribution in [-0.2, 0) is 0 Å². The number of fused-ring (bicyclic) bond motifs is 6. The highest BCUT2D eigenvalue weighted by Crippen LogP contribution is 2.60. The molecule has 3 aliphatic rings. The van der Waals surface area contributed by atoms with E-state index in [1.807, 2.05) is 0 Å². The number of hydrogen-bond acceptors (Lipinski definition) is 0.